The molecule has 0 saturated heterocycles. The van der Waals surface area contributed by atoms with Crippen LogP contribution in [-0.2, 0) is 27.5 Å². The average molecular weight is 313 g/mol. The van der Waals surface area contributed by atoms with Gasteiger partial charge in [-0.3, -0.25) is 0 Å². The molecule has 0 saturated carbocycles. The highest BCUT2D eigenvalue weighted by atomic mass is 28.3. The zero-order valence-corrected chi connectivity index (χ0v) is 14.8. The lowest BCUT2D eigenvalue weighted by Crippen LogP contribution is -2.22. The monoisotopic (exact) mass is 313 g/mol. The molecule has 0 aromatic carbocycles. The quantitative estimate of drug-likeness (QED) is 0.399. The molecule has 0 radical (unpaired) electrons. The van der Waals surface area contributed by atoms with E-state index in [-0.39, 0.29) is 5.97 Å². The molecule has 5 nitrogen and oxygen atoms in total. The molecule has 0 N–H and O–H groups in total. The van der Waals surface area contributed by atoms with E-state index in [4.69, 9.17) is 14.2 Å². The summed E-state index contributed by atoms with van der Waals surface area (Å²) in [5.41, 5.74) is 1.34. The van der Waals surface area contributed by atoms with Crippen LogP contribution in [0.4, 0.5) is 0 Å². The van der Waals surface area contributed by atoms with Crippen LogP contribution >= 0.6 is 0 Å². The van der Waals surface area contributed by atoms with Crippen LogP contribution in [0, 0.1) is 0 Å². The van der Waals surface area contributed by atoms with Gasteiger partial charge in [0.15, 0.2) is 0 Å². The first-order chi connectivity index (χ1) is 9.89. The van der Waals surface area contributed by atoms with Gasteiger partial charge in [0.25, 0.3) is 0 Å². The van der Waals surface area contributed by atoms with Gasteiger partial charge in [0.2, 0.25) is 0 Å². The Morgan fingerprint density at radius 1 is 1.33 bits per heavy atom. The van der Waals surface area contributed by atoms with Gasteiger partial charge < -0.3 is 18.8 Å². The maximum atomic E-state index is 11.9. The van der Waals surface area contributed by atoms with Crippen molar-refractivity contribution in [2.45, 2.75) is 45.9 Å². The summed E-state index contributed by atoms with van der Waals surface area (Å²) < 4.78 is 17.9. The summed E-state index contributed by atoms with van der Waals surface area (Å²) in [7, 11) is 0.529. The second-order valence-corrected chi connectivity index (χ2v) is 11.8. The van der Waals surface area contributed by atoms with E-state index < -0.39 is 8.07 Å². The van der Waals surface area contributed by atoms with Gasteiger partial charge in [0.05, 0.1) is 24.5 Å². The molecule has 0 aliphatic heterocycles. The molecular formula is C15H27NO4Si. The van der Waals surface area contributed by atoms with Crippen molar-refractivity contribution in [3.05, 3.63) is 23.5 Å². The van der Waals surface area contributed by atoms with E-state index in [1.807, 2.05) is 10.8 Å². The van der Waals surface area contributed by atoms with Crippen LogP contribution in [0.15, 0.2) is 12.3 Å². The van der Waals surface area contributed by atoms with Crippen LogP contribution in [0.1, 0.15) is 23.0 Å². The van der Waals surface area contributed by atoms with E-state index in [0.29, 0.717) is 25.5 Å². The largest absolute Gasteiger partial charge is 0.462 e. The van der Waals surface area contributed by atoms with E-state index >= 15 is 0 Å². The number of carbonyl (C=O) groups is 1. The molecule has 1 aromatic rings. The smallest absolute Gasteiger partial charge is 0.340 e. The highest BCUT2D eigenvalue weighted by Gasteiger charge is 2.17. The number of carbonyl (C=O) groups excluding carboxylic acids is 1. The van der Waals surface area contributed by atoms with Crippen LogP contribution in [0.25, 0.3) is 0 Å². The van der Waals surface area contributed by atoms with Crippen molar-refractivity contribution < 1.29 is 19.0 Å². The Morgan fingerprint density at radius 2 is 2.05 bits per heavy atom. The van der Waals surface area contributed by atoms with E-state index in [9.17, 15) is 4.79 Å². The number of methoxy groups -OCH3 is 1. The second kappa shape index (κ2) is 8.36. The zero-order chi connectivity index (χ0) is 15.9. The average Bonchev–Trinajstić information content (AvgIpc) is 2.78. The molecule has 0 aliphatic rings. The van der Waals surface area contributed by atoms with Crippen molar-refractivity contribution in [2.24, 2.45) is 0 Å². The molecule has 0 unspecified atom stereocenters. The summed E-state index contributed by atoms with van der Waals surface area (Å²) in [6.07, 6.45) is 1.84. The van der Waals surface area contributed by atoms with Crippen molar-refractivity contribution >= 4 is 14.0 Å². The lowest BCUT2D eigenvalue weighted by atomic mass is 10.2. The Morgan fingerprint density at radius 3 is 2.62 bits per heavy atom. The molecular weight excluding hydrogens is 286 g/mol. The van der Waals surface area contributed by atoms with Gasteiger partial charge in [-0.05, 0) is 19.0 Å². The molecule has 0 fully saturated rings. The first-order valence-electron chi connectivity index (χ1n) is 7.31. The van der Waals surface area contributed by atoms with Gasteiger partial charge in [0, 0.05) is 28.0 Å². The molecule has 1 heterocycles. The third kappa shape index (κ3) is 6.03. The van der Waals surface area contributed by atoms with Crippen molar-refractivity contribution in [3.63, 3.8) is 0 Å². The molecule has 0 aliphatic carbocycles. The van der Waals surface area contributed by atoms with Crippen LogP contribution in [-0.4, -0.2) is 38.9 Å². The van der Waals surface area contributed by atoms with Gasteiger partial charge in [-0.1, -0.05) is 19.6 Å². The first-order valence-corrected chi connectivity index (χ1v) is 11.0. The third-order valence-electron chi connectivity index (χ3n) is 3.08. The molecule has 21 heavy (non-hydrogen) atoms. The summed E-state index contributed by atoms with van der Waals surface area (Å²) in [5.74, 6) is -0.314. The van der Waals surface area contributed by atoms with E-state index in [1.54, 1.807) is 20.1 Å². The SMILES string of the molecule is CCOC(=O)c1ccn(COCC[Si](C)(C)C)c1COC. The summed E-state index contributed by atoms with van der Waals surface area (Å²) in [4.78, 5) is 11.9. The lowest BCUT2D eigenvalue weighted by Gasteiger charge is -2.16. The normalized spacial score (nSPS) is 11.7. The molecule has 1 rings (SSSR count). The predicted molar refractivity (Wildman–Crippen MR) is 85.2 cm³/mol. The van der Waals surface area contributed by atoms with Crippen LogP contribution in [0.3, 0.4) is 0 Å². The highest BCUT2D eigenvalue weighted by Crippen LogP contribution is 2.15. The minimum absolute atomic E-state index is 0.314. The number of hydrogen-bond acceptors (Lipinski definition) is 4. The molecule has 0 spiro atoms. The van der Waals surface area contributed by atoms with Crippen molar-refractivity contribution in [3.8, 4) is 0 Å². The molecule has 0 bridgehead atoms. The maximum Gasteiger partial charge on any atom is 0.340 e. The molecule has 1 aromatic heterocycles. The van der Waals surface area contributed by atoms with Crippen LogP contribution in [0.2, 0.25) is 25.7 Å². The van der Waals surface area contributed by atoms with E-state index in [1.165, 1.54) is 0 Å². The van der Waals surface area contributed by atoms with Crippen LogP contribution < -0.4 is 0 Å². The Bertz CT molecular complexity index is 451. The van der Waals surface area contributed by atoms with E-state index in [0.717, 1.165) is 18.3 Å². The van der Waals surface area contributed by atoms with E-state index in [2.05, 4.69) is 19.6 Å². The Labute approximate surface area is 128 Å². The number of ether oxygens (including phenoxy) is 3. The van der Waals surface area contributed by atoms with Gasteiger partial charge in [0.1, 0.15) is 6.73 Å². The molecule has 6 heteroatoms. The highest BCUT2D eigenvalue weighted by molar-refractivity contribution is 6.76. The summed E-state index contributed by atoms with van der Waals surface area (Å²) in [5, 5.41) is 0. The Balaban J connectivity index is 2.67. The summed E-state index contributed by atoms with van der Waals surface area (Å²) >= 11 is 0. The lowest BCUT2D eigenvalue weighted by molar-refractivity contribution is 0.0516. The minimum Gasteiger partial charge on any atom is -0.462 e. The summed E-state index contributed by atoms with van der Waals surface area (Å²) in [6.45, 7) is 10.7. The van der Waals surface area contributed by atoms with Crippen molar-refractivity contribution in [1.29, 1.82) is 0 Å². The van der Waals surface area contributed by atoms with Gasteiger partial charge >= 0.3 is 5.97 Å². The van der Waals surface area contributed by atoms with Gasteiger partial charge in [-0.2, -0.15) is 0 Å². The van der Waals surface area contributed by atoms with Gasteiger partial charge in [-0.15, -0.1) is 0 Å². The first kappa shape index (κ1) is 17.9. The fourth-order valence-electron chi connectivity index (χ4n) is 1.86. The Hall–Kier alpha value is -1.11. The number of nitrogens with zero attached hydrogens (tertiary/aromatic N) is 1. The second-order valence-electron chi connectivity index (χ2n) is 6.15. The number of rotatable bonds is 9. The predicted octanol–water partition coefficient (Wildman–Crippen LogP) is 3.12. The molecule has 120 valence electrons. The maximum absolute atomic E-state index is 11.9. The zero-order valence-electron chi connectivity index (χ0n) is 13.8. The number of aromatic nitrogens is 1. The topological polar surface area (TPSA) is 49.7 Å². The molecule has 0 atom stereocenters. The Kier molecular flexibility index (Phi) is 7.14. The fourth-order valence-corrected chi connectivity index (χ4v) is 2.62. The minimum atomic E-state index is -1.08. The number of esters is 1. The van der Waals surface area contributed by atoms with Gasteiger partial charge in [-0.25, -0.2) is 4.79 Å². The fraction of sp³-hybridized carbons (Fsp3) is 0.667. The molecule has 0 amide bonds. The third-order valence-corrected chi connectivity index (χ3v) is 4.79. The number of hydrogen-bond donors (Lipinski definition) is 0. The van der Waals surface area contributed by atoms with Crippen LogP contribution in [0.5, 0.6) is 0 Å². The summed E-state index contributed by atoms with van der Waals surface area (Å²) in [6, 6.07) is 2.88. The van der Waals surface area contributed by atoms with Crippen molar-refractivity contribution in [1.82, 2.24) is 4.57 Å². The standard InChI is InChI=1S/C15H27NO4Si/c1-6-20-15(17)13-7-8-16(14(13)11-18-2)12-19-9-10-21(3,4)5/h7-8H,6,9-12H2,1-5H3. The van der Waals surface area contributed by atoms with Crippen molar-refractivity contribution in [2.75, 3.05) is 20.3 Å².